The van der Waals surface area contributed by atoms with E-state index in [-0.39, 0.29) is 5.82 Å². The van der Waals surface area contributed by atoms with Gasteiger partial charge in [-0.2, -0.15) is 0 Å². The van der Waals surface area contributed by atoms with Gasteiger partial charge in [-0.3, -0.25) is 4.79 Å². The molecule has 3 aromatic carbocycles. The molecule has 0 saturated carbocycles. The van der Waals surface area contributed by atoms with E-state index in [1.807, 2.05) is 62.4 Å². The van der Waals surface area contributed by atoms with Crippen LogP contribution in [0.25, 0.3) is 17.1 Å². The number of halogens is 2. The number of benzene rings is 3. The highest BCUT2D eigenvalue weighted by molar-refractivity contribution is 6.36. The lowest BCUT2D eigenvalue weighted by Gasteiger charge is -2.09. The minimum absolute atomic E-state index is 0.0415. The Morgan fingerprint density at radius 1 is 0.967 bits per heavy atom. The summed E-state index contributed by atoms with van der Waals surface area (Å²) in [6, 6.07) is 20.6. The van der Waals surface area contributed by atoms with E-state index in [0.29, 0.717) is 21.6 Å². The maximum Gasteiger partial charge on any atom is 0.295 e. The number of carbonyl (C=O) groups is 1. The van der Waals surface area contributed by atoms with Crippen LogP contribution in [-0.2, 0) is 0 Å². The van der Waals surface area contributed by atoms with Crippen LogP contribution in [0.15, 0.2) is 66.7 Å². The first-order valence-corrected chi connectivity index (χ1v) is 10.0. The second-order valence-electron chi connectivity index (χ2n) is 6.90. The van der Waals surface area contributed by atoms with Crippen LogP contribution in [-0.4, -0.2) is 20.7 Å². The minimum atomic E-state index is -0.458. The highest BCUT2D eigenvalue weighted by atomic mass is 35.5. The summed E-state index contributed by atoms with van der Waals surface area (Å²) in [6.07, 6.45) is 0. The molecule has 7 heteroatoms. The number of rotatable bonds is 4. The third-order valence-corrected chi connectivity index (χ3v) is 5.19. The zero-order valence-corrected chi connectivity index (χ0v) is 17.9. The Morgan fingerprint density at radius 3 is 2.40 bits per heavy atom. The summed E-state index contributed by atoms with van der Waals surface area (Å²) in [5.41, 5.74) is 4.30. The van der Waals surface area contributed by atoms with Gasteiger partial charge in [0.25, 0.3) is 5.91 Å². The van der Waals surface area contributed by atoms with E-state index in [1.54, 1.807) is 22.9 Å². The van der Waals surface area contributed by atoms with Crippen LogP contribution in [0.1, 0.15) is 21.7 Å². The molecule has 0 radical (unpaired) electrons. The molecule has 0 aliphatic carbocycles. The summed E-state index contributed by atoms with van der Waals surface area (Å²) in [4.78, 5) is 17.4. The first kappa shape index (κ1) is 20.1. The normalized spacial score (nSPS) is 10.8. The summed E-state index contributed by atoms with van der Waals surface area (Å²) >= 11 is 12.1. The Morgan fingerprint density at radius 2 is 1.70 bits per heavy atom. The van der Waals surface area contributed by atoms with E-state index in [2.05, 4.69) is 15.4 Å². The summed E-state index contributed by atoms with van der Waals surface area (Å²) in [7, 11) is 0. The van der Waals surface area contributed by atoms with E-state index in [9.17, 15) is 4.79 Å². The quantitative estimate of drug-likeness (QED) is 0.419. The van der Waals surface area contributed by atoms with Crippen molar-refractivity contribution < 1.29 is 4.79 Å². The number of anilines is 1. The molecule has 0 aliphatic heterocycles. The van der Waals surface area contributed by atoms with Crippen LogP contribution in [0.5, 0.6) is 0 Å². The Hall–Kier alpha value is -3.15. The number of aryl methyl sites for hydroxylation is 2. The maximum atomic E-state index is 12.9. The zero-order chi connectivity index (χ0) is 21.3. The van der Waals surface area contributed by atoms with Crippen molar-refractivity contribution in [2.24, 2.45) is 0 Å². The van der Waals surface area contributed by atoms with E-state index in [4.69, 9.17) is 23.2 Å². The molecular formula is C23H18Cl2N4O. The van der Waals surface area contributed by atoms with Crippen molar-refractivity contribution in [2.75, 3.05) is 5.32 Å². The molecule has 1 aromatic heterocycles. The number of amides is 1. The molecule has 0 saturated heterocycles. The molecule has 0 aliphatic rings. The number of nitrogens with zero attached hydrogens (tertiary/aromatic N) is 3. The van der Waals surface area contributed by atoms with Crippen molar-refractivity contribution in [3.05, 3.63) is 93.7 Å². The molecular weight excluding hydrogens is 419 g/mol. The maximum absolute atomic E-state index is 12.9. The van der Waals surface area contributed by atoms with Crippen molar-refractivity contribution in [2.45, 2.75) is 13.8 Å². The van der Waals surface area contributed by atoms with Gasteiger partial charge in [0.05, 0.1) is 16.4 Å². The highest BCUT2D eigenvalue weighted by Crippen LogP contribution is 2.27. The number of nitrogens with one attached hydrogen (secondary N) is 1. The fraction of sp³-hybridized carbons (Fsp3) is 0.0870. The minimum Gasteiger partial charge on any atom is -0.318 e. The lowest BCUT2D eigenvalue weighted by molar-refractivity contribution is 0.101. The molecule has 0 unspecified atom stereocenters. The van der Waals surface area contributed by atoms with Crippen molar-refractivity contribution in [3.63, 3.8) is 0 Å². The van der Waals surface area contributed by atoms with Gasteiger partial charge in [-0.1, -0.05) is 71.2 Å². The van der Waals surface area contributed by atoms with E-state index in [1.165, 1.54) is 0 Å². The fourth-order valence-electron chi connectivity index (χ4n) is 3.04. The van der Waals surface area contributed by atoms with Crippen LogP contribution < -0.4 is 5.32 Å². The molecule has 30 heavy (non-hydrogen) atoms. The van der Waals surface area contributed by atoms with Gasteiger partial charge in [-0.15, -0.1) is 5.10 Å². The molecule has 1 amide bonds. The Kier molecular flexibility index (Phi) is 5.57. The SMILES string of the molecule is Cc1ccc(-c2nc(C(=O)Nc3ccc(Cl)cc3Cl)nn2-c2ccccc2C)cc1. The van der Waals surface area contributed by atoms with Gasteiger partial charge in [0.15, 0.2) is 5.82 Å². The molecule has 150 valence electrons. The highest BCUT2D eigenvalue weighted by Gasteiger charge is 2.20. The third-order valence-electron chi connectivity index (χ3n) is 4.64. The Bertz CT molecular complexity index is 1230. The molecule has 4 aromatic rings. The smallest absolute Gasteiger partial charge is 0.295 e. The largest absolute Gasteiger partial charge is 0.318 e. The van der Waals surface area contributed by atoms with E-state index < -0.39 is 5.91 Å². The zero-order valence-electron chi connectivity index (χ0n) is 16.4. The lowest BCUT2D eigenvalue weighted by Crippen LogP contribution is -2.14. The van der Waals surface area contributed by atoms with E-state index in [0.717, 1.165) is 22.4 Å². The van der Waals surface area contributed by atoms with Gasteiger partial charge in [0.2, 0.25) is 5.82 Å². The number of para-hydroxylation sites is 1. The molecule has 1 heterocycles. The first-order chi connectivity index (χ1) is 14.4. The molecule has 1 N–H and O–H groups in total. The van der Waals surface area contributed by atoms with Gasteiger partial charge in [-0.25, -0.2) is 9.67 Å². The molecule has 0 spiro atoms. The second kappa shape index (κ2) is 8.30. The van der Waals surface area contributed by atoms with Crippen LogP contribution in [0.2, 0.25) is 10.0 Å². The number of carbonyl (C=O) groups excluding carboxylic acids is 1. The standard InChI is InChI=1S/C23H18Cl2N4O/c1-14-7-9-16(10-8-14)22-27-21(28-29(22)20-6-4-3-5-15(20)2)23(30)26-19-12-11-17(24)13-18(19)25/h3-13H,1-2H3,(H,26,30). The molecule has 4 rings (SSSR count). The molecule has 0 bridgehead atoms. The van der Waals surface area contributed by atoms with Crippen molar-refractivity contribution in [1.29, 1.82) is 0 Å². The molecule has 5 nitrogen and oxygen atoms in total. The Labute approximate surface area is 184 Å². The second-order valence-corrected chi connectivity index (χ2v) is 7.75. The summed E-state index contributed by atoms with van der Waals surface area (Å²) in [6.45, 7) is 4.01. The van der Waals surface area contributed by atoms with Gasteiger partial charge in [0.1, 0.15) is 0 Å². The molecule has 0 atom stereocenters. The predicted molar refractivity (Wildman–Crippen MR) is 121 cm³/mol. The van der Waals surface area contributed by atoms with Crippen molar-refractivity contribution in [3.8, 4) is 17.1 Å². The van der Waals surface area contributed by atoms with Crippen molar-refractivity contribution >= 4 is 34.8 Å². The van der Waals surface area contributed by atoms with Crippen LogP contribution in [0.3, 0.4) is 0 Å². The number of hydrogen-bond donors (Lipinski definition) is 1. The van der Waals surface area contributed by atoms with Crippen LogP contribution >= 0.6 is 23.2 Å². The van der Waals surface area contributed by atoms with Gasteiger partial charge >= 0.3 is 0 Å². The molecule has 0 fully saturated rings. The van der Waals surface area contributed by atoms with Crippen molar-refractivity contribution in [1.82, 2.24) is 14.8 Å². The summed E-state index contributed by atoms with van der Waals surface area (Å²) < 4.78 is 1.69. The van der Waals surface area contributed by atoms with Crippen LogP contribution in [0, 0.1) is 13.8 Å². The lowest BCUT2D eigenvalue weighted by atomic mass is 10.1. The average molecular weight is 437 g/mol. The van der Waals surface area contributed by atoms with Crippen LogP contribution in [0.4, 0.5) is 5.69 Å². The third kappa shape index (κ3) is 4.08. The summed E-state index contributed by atoms with van der Waals surface area (Å²) in [5.74, 6) is 0.163. The fourth-order valence-corrected chi connectivity index (χ4v) is 3.49. The van der Waals surface area contributed by atoms with Gasteiger partial charge in [-0.05, 0) is 43.7 Å². The Balaban J connectivity index is 1.77. The number of hydrogen-bond acceptors (Lipinski definition) is 3. The monoisotopic (exact) mass is 436 g/mol. The number of aromatic nitrogens is 3. The topological polar surface area (TPSA) is 59.8 Å². The summed E-state index contributed by atoms with van der Waals surface area (Å²) in [5, 5.41) is 8.09. The average Bonchev–Trinajstić information content (AvgIpc) is 3.16. The van der Waals surface area contributed by atoms with E-state index >= 15 is 0 Å². The predicted octanol–water partition coefficient (Wildman–Crippen LogP) is 6.11. The van der Waals surface area contributed by atoms with Gasteiger partial charge in [0, 0.05) is 10.6 Å². The first-order valence-electron chi connectivity index (χ1n) is 9.29. The van der Waals surface area contributed by atoms with Gasteiger partial charge < -0.3 is 5.32 Å².